The maximum absolute atomic E-state index is 6.51. The standard InChI is InChI=1S/C16H17ClN6/c1-18-15-20-16-19-13-10-22(9-11-5-3-2-4-6-11)8-7-12(13)14(17)23(16)21-15/h2-6H,7-10H2,1H3,(H,18,21). The van der Waals surface area contributed by atoms with Gasteiger partial charge in [0.05, 0.1) is 5.69 Å². The molecule has 1 aromatic carbocycles. The molecule has 0 amide bonds. The van der Waals surface area contributed by atoms with Gasteiger partial charge in [-0.3, -0.25) is 4.90 Å². The number of hydrogen-bond acceptors (Lipinski definition) is 5. The summed E-state index contributed by atoms with van der Waals surface area (Å²) in [5, 5.41) is 7.86. The molecule has 0 bridgehead atoms. The maximum atomic E-state index is 6.51. The highest BCUT2D eigenvalue weighted by atomic mass is 35.5. The normalized spacial score (nSPS) is 14.9. The second-order valence-electron chi connectivity index (χ2n) is 5.67. The summed E-state index contributed by atoms with van der Waals surface area (Å²) in [6.45, 7) is 2.66. The van der Waals surface area contributed by atoms with Crippen LogP contribution in [0.4, 0.5) is 5.95 Å². The smallest absolute Gasteiger partial charge is 0.255 e. The Morgan fingerprint density at radius 3 is 2.83 bits per heavy atom. The Morgan fingerprint density at radius 1 is 1.22 bits per heavy atom. The predicted octanol–water partition coefficient (Wildman–Crippen LogP) is 2.38. The first-order valence-electron chi connectivity index (χ1n) is 7.62. The van der Waals surface area contributed by atoms with Crippen LogP contribution in [0.15, 0.2) is 30.3 Å². The molecule has 118 valence electrons. The van der Waals surface area contributed by atoms with Gasteiger partial charge < -0.3 is 5.32 Å². The van der Waals surface area contributed by atoms with Gasteiger partial charge in [-0.15, -0.1) is 5.10 Å². The van der Waals surface area contributed by atoms with Crippen LogP contribution < -0.4 is 5.32 Å². The quantitative estimate of drug-likeness (QED) is 0.748. The van der Waals surface area contributed by atoms with Gasteiger partial charge in [0, 0.05) is 32.2 Å². The van der Waals surface area contributed by atoms with E-state index in [2.05, 4.69) is 49.5 Å². The molecule has 0 fully saturated rings. The van der Waals surface area contributed by atoms with Gasteiger partial charge in [-0.1, -0.05) is 41.9 Å². The van der Waals surface area contributed by atoms with Crippen molar-refractivity contribution in [2.24, 2.45) is 0 Å². The van der Waals surface area contributed by atoms with Crippen LogP contribution >= 0.6 is 11.6 Å². The fraction of sp³-hybridized carbons (Fsp3) is 0.312. The van der Waals surface area contributed by atoms with Gasteiger partial charge in [0.25, 0.3) is 5.78 Å². The average molecular weight is 329 g/mol. The van der Waals surface area contributed by atoms with Crippen LogP contribution in [0.5, 0.6) is 0 Å². The third-order valence-electron chi connectivity index (χ3n) is 4.13. The van der Waals surface area contributed by atoms with E-state index in [-0.39, 0.29) is 0 Å². The van der Waals surface area contributed by atoms with Gasteiger partial charge in [0.15, 0.2) is 0 Å². The van der Waals surface area contributed by atoms with Gasteiger partial charge >= 0.3 is 0 Å². The van der Waals surface area contributed by atoms with Crippen molar-refractivity contribution in [1.82, 2.24) is 24.5 Å². The highest BCUT2D eigenvalue weighted by Crippen LogP contribution is 2.26. The second-order valence-corrected chi connectivity index (χ2v) is 6.03. The van der Waals surface area contributed by atoms with Gasteiger partial charge in [0.2, 0.25) is 5.95 Å². The molecule has 23 heavy (non-hydrogen) atoms. The summed E-state index contributed by atoms with van der Waals surface area (Å²) in [5.74, 6) is 1.07. The topological polar surface area (TPSA) is 58.4 Å². The van der Waals surface area contributed by atoms with Crippen molar-refractivity contribution in [2.75, 3.05) is 18.9 Å². The summed E-state index contributed by atoms with van der Waals surface area (Å²) in [5.41, 5.74) is 3.39. The fourth-order valence-corrected chi connectivity index (χ4v) is 3.28. The lowest BCUT2D eigenvalue weighted by Gasteiger charge is -2.28. The van der Waals surface area contributed by atoms with Crippen LogP contribution in [-0.2, 0) is 19.5 Å². The van der Waals surface area contributed by atoms with Crippen molar-refractivity contribution in [3.8, 4) is 0 Å². The molecule has 0 spiro atoms. The molecule has 0 atom stereocenters. The van der Waals surface area contributed by atoms with Crippen molar-refractivity contribution in [3.63, 3.8) is 0 Å². The molecule has 1 aliphatic rings. The Kier molecular flexibility index (Phi) is 3.63. The minimum Gasteiger partial charge on any atom is -0.356 e. The zero-order valence-electron chi connectivity index (χ0n) is 12.8. The average Bonchev–Trinajstić information content (AvgIpc) is 2.99. The third kappa shape index (κ3) is 2.64. The molecule has 1 N–H and O–H groups in total. The molecule has 0 saturated heterocycles. The lowest BCUT2D eigenvalue weighted by atomic mass is 10.1. The lowest BCUT2D eigenvalue weighted by molar-refractivity contribution is 0.241. The molecule has 6 nitrogen and oxygen atoms in total. The van der Waals surface area contributed by atoms with E-state index < -0.39 is 0 Å². The Morgan fingerprint density at radius 2 is 2.04 bits per heavy atom. The first-order valence-corrected chi connectivity index (χ1v) is 8.00. The number of anilines is 1. The fourth-order valence-electron chi connectivity index (χ4n) is 2.96. The van der Waals surface area contributed by atoms with Gasteiger partial charge in [0.1, 0.15) is 5.15 Å². The van der Waals surface area contributed by atoms with E-state index in [1.807, 2.05) is 6.07 Å². The SMILES string of the molecule is CNc1nc2nc3c(c(Cl)n2n1)CCN(Cc1ccccc1)C3. The Hall–Kier alpha value is -2.18. The van der Waals surface area contributed by atoms with E-state index in [0.717, 1.165) is 37.3 Å². The second kappa shape index (κ2) is 5.79. The summed E-state index contributed by atoms with van der Waals surface area (Å²) in [6.07, 6.45) is 0.874. The largest absolute Gasteiger partial charge is 0.356 e. The maximum Gasteiger partial charge on any atom is 0.255 e. The van der Waals surface area contributed by atoms with Gasteiger partial charge in [-0.2, -0.15) is 9.50 Å². The number of fused-ring (bicyclic) bond motifs is 2. The highest BCUT2D eigenvalue weighted by molar-refractivity contribution is 6.30. The third-order valence-corrected chi connectivity index (χ3v) is 4.52. The van der Waals surface area contributed by atoms with Crippen LogP contribution in [0, 0.1) is 0 Å². The summed E-state index contributed by atoms with van der Waals surface area (Å²) < 4.78 is 1.61. The monoisotopic (exact) mass is 328 g/mol. The molecule has 4 rings (SSSR count). The molecule has 0 saturated carbocycles. The van der Waals surface area contributed by atoms with Crippen molar-refractivity contribution in [3.05, 3.63) is 52.3 Å². The van der Waals surface area contributed by atoms with Crippen LogP contribution in [0.25, 0.3) is 5.78 Å². The number of benzene rings is 1. The molecule has 7 heteroatoms. The van der Waals surface area contributed by atoms with E-state index in [1.165, 1.54) is 5.56 Å². The number of halogens is 1. The Bertz CT molecular complexity index is 845. The van der Waals surface area contributed by atoms with Gasteiger partial charge in [-0.05, 0) is 12.0 Å². The summed E-state index contributed by atoms with van der Waals surface area (Å²) >= 11 is 6.51. The minimum absolute atomic E-state index is 0.530. The molecular weight excluding hydrogens is 312 g/mol. The number of hydrogen-bond donors (Lipinski definition) is 1. The molecule has 0 unspecified atom stereocenters. The Balaban J connectivity index is 1.65. The zero-order chi connectivity index (χ0) is 15.8. The lowest BCUT2D eigenvalue weighted by Crippen LogP contribution is -2.31. The minimum atomic E-state index is 0.530. The number of nitrogens with zero attached hydrogens (tertiary/aromatic N) is 5. The summed E-state index contributed by atoms with van der Waals surface area (Å²) in [6, 6.07) is 10.5. The first-order chi connectivity index (χ1) is 11.2. The number of nitrogens with one attached hydrogen (secondary N) is 1. The zero-order valence-corrected chi connectivity index (χ0v) is 13.6. The van der Waals surface area contributed by atoms with Crippen LogP contribution in [0.1, 0.15) is 16.8 Å². The molecule has 0 aliphatic carbocycles. The number of rotatable bonds is 3. The van der Waals surface area contributed by atoms with Crippen LogP contribution in [0.3, 0.4) is 0 Å². The van der Waals surface area contributed by atoms with Crippen LogP contribution in [0.2, 0.25) is 5.15 Å². The molecule has 2 aromatic heterocycles. The van der Waals surface area contributed by atoms with Crippen molar-refractivity contribution in [2.45, 2.75) is 19.5 Å². The van der Waals surface area contributed by atoms with Crippen LogP contribution in [-0.4, -0.2) is 38.1 Å². The van der Waals surface area contributed by atoms with Crippen molar-refractivity contribution in [1.29, 1.82) is 0 Å². The summed E-state index contributed by atoms with van der Waals surface area (Å²) in [7, 11) is 1.78. The predicted molar refractivity (Wildman–Crippen MR) is 89.6 cm³/mol. The molecule has 1 aliphatic heterocycles. The molecule has 3 heterocycles. The van der Waals surface area contributed by atoms with Crippen molar-refractivity contribution < 1.29 is 0 Å². The van der Waals surface area contributed by atoms with Crippen molar-refractivity contribution >= 4 is 23.3 Å². The van der Waals surface area contributed by atoms with E-state index in [4.69, 9.17) is 11.6 Å². The molecule has 3 aromatic rings. The Labute approximate surface area is 139 Å². The first kappa shape index (κ1) is 14.4. The van der Waals surface area contributed by atoms with E-state index in [1.54, 1.807) is 11.6 Å². The van der Waals surface area contributed by atoms with Gasteiger partial charge in [-0.25, -0.2) is 4.98 Å². The summed E-state index contributed by atoms with van der Waals surface area (Å²) in [4.78, 5) is 11.4. The van der Waals surface area contributed by atoms with E-state index in [0.29, 0.717) is 16.9 Å². The van der Waals surface area contributed by atoms with E-state index >= 15 is 0 Å². The highest BCUT2D eigenvalue weighted by Gasteiger charge is 2.23. The molecule has 0 radical (unpaired) electrons. The van der Waals surface area contributed by atoms with E-state index in [9.17, 15) is 0 Å². The molecular formula is C16H17ClN6. The number of aromatic nitrogens is 4.